The molecule has 0 spiro atoms. The Bertz CT molecular complexity index is 539. The minimum atomic E-state index is -6.39. The topological polar surface area (TPSA) is 27.7 Å². The summed E-state index contributed by atoms with van der Waals surface area (Å²) < 4.78 is 165. The van der Waals surface area contributed by atoms with E-state index in [-0.39, 0.29) is 0 Å². The van der Waals surface area contributed by atoms with Crippen LogP contribution in [0.1, 0.15) is 20.3 Å². The maximum Gasteiger partial charge on any atom is 0.426 e. The second-order valence-electron chi connectivity index (χ2n) is 6.13. The smallest absolute Gasteiger partial charge is 0.342 e. The Balaban J connectivity index is 3.70. The fourth-order valence-electron chi connectivity index (χ4n) is 2.02. The summed E-state index contributed by atoms with van der Waals surface area (Å²) in [6.45, 7) is -2.46. The number of hydrogen-bond donors (Lipinski definition) is 0. The molecule has 0 amide bonds. The lowest BCUT2D eigenvalue weighted by molar-refractivity contribution is -0.476. The van der Waals surface area contributed by atoms with Gasteiger partial charge in [0.15, 0.2) is 0 Å². The molecule has 3 nitrogen and oxygen atoms in total. The highest BCUT2D eigenvalue weighted by Gasteiger charge is 2.79. The second kappa shape index (κ2) is 7.07. The third kappa shape index (κ3) is 4.34. The lowest BCUT2D eigenvalue weighted by Gasteiger charge is -2.48. The summed E-state index contributed by atoms with van der Waals surface area (Å²) in [5, 5.41) is 0. The van der Waals surface area contributed by atoms with Gasteiger partial charge >= 0.3 is 24.7 Å². The average Bonchev–Trinajstić information content (AvgIpc) is 2.68. The summed E-state index contributed by atoms with van der Waals surface area (Å²) in [7, 11) is 0. The fourth-order valence-corrected chi connectivity index (χ4v) is 2.52. The van der Waals surface area contributed by atoms with Crippen LogP contribution >= 0.6 is 23.2 Å². The first-order valence-electron chi connectivity index (χ1n) is 7.06. The molecule has 1 heterocycles. The van der Waals surface area contributed by atoms with E-state index in [1.807, 2.05) is 0 Å². The number of halogens is 14. The summed E-state index contributed by atoms with van der Waals surface area (Å²) in [6.07, 6.45) is -27.1. The van der Waals surface area contributed by atoms with Gasteiger partial charge in [0.25, 0.3) is 15.7 Å². The average molecular weight is 501 g/mol. The molecule has 0 bridgehead atoms. The molecule has 174 valence electrons. The lowest BCUT2D eigenvalue weighted by atomic mass is 10.0. The first-order chi connectivity index (χ1) is 12.4. The highest BCUT2D eigenvalue weighted by atomic mass is 35.5. The van der Waals surface area contributed by atoms with E-state index in [4.69, 9.17) is 23.2 Å². The second-order valence-corrected chi connectivity index (χ2v) is 7.39. The van der Waals surface area contributed by atoms with Gasteiger partial charge in [-0.15, -0.1) is 0 Å². The van der Waals surface area contributed by atoms with Gasteiger partial charge in [0.05, 0.1) is 6.61 Å². The molecule has 0 N–H and O–H groups in total. The van der Waals surface area contributed by atoms with Crippen LogP contribution in [0.5, 0.6) is 0 Å². The largest absolute Gasteiger partial charge is 0.426 e. The molecule has 17 heteroatoms. The summed E-state index contributed by atoms with van der Waals surface area (Å²) in [5.41, 5.74) is -10.7. The van der Waals surface area contributed by atoms with Crippen LogP contribution in [0.3, 0.4) is 0 Å². The van der Waals surface area contributed by atoms with Crippen molar-refractivity contribution in [3.05, 3.63) is 0 Å². The van der Waals surface area contributed by atoms with Crippen LogP contribution in [0.25, 0.3) is 0 Å². The summed E-state index contributed by atoms with van der Waals surface area (Å²) in [5.74, 6) is -4.18. The lowest BCUT2D eigenvalue weighted by Crippen LogP contribution is -2.68. The number of ether oxygens (including phenoxy) is 3. The predicted molar refractivity (Wildman–Crippen MR) is 70.9 cm³/mol. The van der Waals surface area contributed by atoms with Crippen LogP contribution in [-0.4, -0.2) is 52.8 Å². The van der Waals surface area contributed by atoms with Gasteiger partial charge in [-0.05, 0) is 13.8 Å². The minimum absolute atomic E-state index is 0.682. The van der Waals surface area contributed by atoms with Crippen molar-refractivity contribution >= 4 is 23.2 Å². The first kappa shape index (κ1) is 26.7. The third-order valence-electron chi connectivity index (χ3n) is 4.06. The number of rotatable bonds is 4. The van der Waals surface area contributed by atoms with Crippen LogP contribution in [0.15, 0.2) is 0 Å². The van der Waals surface area contributed by atoms with Crippen molar-refractivity contribution in [2.45, 2.75) is 66.5 Å². The Morgan fingerprint density at radius 2 is 0.931 bits per heavy atom. The monoisotopic (exact) mass is 500 g/mol. The molecule has 1 fully saturated rings. The molecule has 0 unspecified atom stereocenters. The van der Waals surface area contributed by atoms with Crippen molar-refractivity contribution in [3.63, 3.8) is 0 Å². The molecule has 1 aliphatic rings. The van der Waals surface area contributed by atoms with E-state index in [0.29, 0.717) is 0 Å². The molecule has 0 aromatic rings. The highest BCUT2D eigenvalue weighted by Crippen LogP contribution is 2.58. The van der Waals surface area contributed by atoms with Gasteiger partial charge in [-0.1, -0.05) is 23.2 Å². The van der Waals surface area contributed by atoms with Crippen LogP contribution in [0.4, 0.5) is 52.7 Å². The fraction of sp³-hybridized carbons (Fsp3) is 1.00. The van der Waals surface area contributed by atoms with Crippen molar-refractivity contribution in [3.8, 4) is 0 Å². The molecular formula is C12H10Cl2F12O3. The van der Waals surface area contributed by atoms with Crippen molar-refractivity contribution in [1.82, 2.24) is 0 Å². The van der Waals surface area contributed by atoms with Gasteiger partial charge in [0, 0.05) is 6.42 Å². The van der Waals surface area contributed by atoms with Crippen molar-refractivity contribution in [2.24, 2.45) is 0 Å². The van der Waals surface area contributed by atoms with Crippen molar-refractivity contribution in [1.29, 1.82) is 0 Å². The molecule has 0 aromatic carbocycles. The minimum Gasteiger partial charge on any atom is -0.342 e. The zero-order chi connectivity index (χ0) is 23.5. The van der Waals surface area contributed by atoms with E-state index < -0.39 is 73.1 Å². The Labute approximate surface area is 164 Å². The van der Waals surface area contributed by atoms with E-state index in [1.165, 1.54) is 0 Å². The van der Waals surface area contributed by atoms with Crippen molar-refractivity contribution < 1.29 is 66.9 Å². The zero-order valence-corrected chi connectivity index (χ0v) is 15.4. The Morgan fingerprint density at radius 1 is 0.655 bits per heavy atom. The standard InChI is InChI=1S/C12H10Cl2F12O3/c1-5(9(15,16)17,10(18,19)20)28-7(3-4-27-8(7,13)14)29-6(2,11(21,22)23)12(24,25)26/h3-4H2,1-2H3. The summed E-state index contributed by atoms with van der Waals surface area (Å²) in [6, 6.07) is 0. The van der Waals surface area contributed by atoms with Gasteiger partial charge in [-0.25, -0.2) is 0 Å². The molecule has 0 saturated carbocycles. The van der Waals surface area contributed by atoms with Gasteiger partial charge in [0.2, 0.25) is 5.79 Å². The van der Waals surface area contributed by atoms with Gasteiger partial charge < -0.3 is 14.2 Å². The number of alkyl halides is 14. The molecule has 0 aromatic heterocycles. The van der Waals surface area contributed by atoms with Crippen LogP contribution in [-0.2, 0) is 14.2 Å². The first-order valence-corrected chi connectivity index (χ1v) is 7.81. The molecule has 1 saturated heterocycles. The number of hydrogen-bond acceptors (Lipinski definition) is 3. The van der Waals surface area contributed by atoms with Crippen LogP contribution < -0.4 is 0 Å². The summed E-state index contributed by atoms with van der Waals surface area (Å²) >= 11 is 10.7. The van der Waals surface area contributed by atoms with Gasteiger partial charge in [-0.2, -0.15) is 52.7 Å². The van der Waals surface area contributed by atoms with Crippen LogP contribution in [0, 0.1) is 0 Å². The van der Waals surface area contributed by atoms with E-state index in [0.717, 1.165) is 0 Å². The highest BCUT2D eigenvalue weighted by molar-refractivity contribution is 6.48. The quantitative estimate of drug-likeness (QED) is 0.268. The molecule has 29 heavy (non-hydrogen) atoms. The molecule has 0 radical (unpaired) electrons. The van der Waals surface area contributed by atoms with Gasteiger partial charge in [-0.3, -0.25) is 0 Å². The molecule has 1 aliphatic heterocycles. The maximum atomic E-state index is 13.1. The van der Waals surface area contributed by atoms with Gasteiger partial charge in [0.1, 0.15) is 0 Å². The predicted octanol–water partition coefficient (Wildman–Crippen LogP) is 6.03. The third-order valence-corrected chi connectivity index (χ3v) is 4.85. The Morgan fingerprint density at radius 3 is 1.10 bits per heavy atom. The van der Waals surface area contributed by atoms with Crippen molar-refractivity contribution in [2.75, 3.05) is 6.61 Å². The van der Waals surface area contributed by atoms with E-state index >= 15 is 0 Å². The van der Waals surface area contributed by atoms with E-state index in [9.17, 15) is 52.7 Å². The Kier molecular flexibility index (Phi) is 6.50. The molecular weight excluding hydrogens is 491 g/mol. The molecule has 1 rings (SSSR count). The molecule has 0 aliphatic carbocycles. The maximum absolute atomic E-state index is 13.1. The normalized spacial score (nSPS) is 21.5. The molecule has 0 atom stereocenters. The Hall–Kier alpha value is -0.380. The van der Waals surface area contributed by atoms with Crippen LogP contribution in [0.2, 0.25) is 0 Å². The van der Waals surface area contributed by atoms with E-state index in [2.05, 4.69) is 14.2 Å². The van der Waals surface area contributed by atoms with E-state index in [1.54, 1.807) is 0 Å². The summed E-state index contributed by atoms with van der Waals surface area (Å²) in [4.78, 5) is 0. The SMILES string of the molecule is CC(OC1(OC(C)(C(F)(F)F)C(F)(F)F)CCOC1(Cl)Cl)(C(F)(F)F)C(F)(F)F. The zero-order valence-electron chi connectivity index (χ0n) is 13.9.